The highest BCUT2D eigenvalue weighted by molar-refractivity contribution is 5.32. The van der Waals surface area contributed by atoms with Gasteiger partial charge < -0.3 is 10.6 Å². The van der Waals surface area contributed by atoms with Crippen molar-refractivity contribution in [3.05, 3.63) is 142 Å². The van der Waals surface area contributed by atoms with Crippen LogP contribution in [0.3, 0.4) is 0 Å². The lowest BCUT2D eigenvalue weighted by Crippen LogP contribution is -2.35. The number of aryl methyl sites for hydroxylation is 4. The Morgan fingerprint density at radius 3 is 1.12 bits per heavy atom. The maximum absolute atomic E-state index is 3.90. The van der Waals surface area contributed by atoms with E-state index in [9.17, 15) is 0 Å². The molecular weight excluding hydrogens is 412 g/mol. The highest BCUT2D eigenvalue weighted by Crippen LogP contribution is 2.30. The Bertz CT molecular complexity index is 1060. The van der Waals surface area contributed by atoms with Crippen molar-refractivity contribution in [2.45, 2.75) is 52.9 Å². The Balaban J connectivity index is 1.65. The summed E-state index contributed by atoms with van der Waals surface area (Å²) in [7, 11) is 0. The first-order chi connectivity index (χ1) is 16.5. The van der Waals surface area contributed by atoms with Crippen molar-refractivity contribution in [2.75, 3.05) is 0 Å². The molecule has 34 heavy (non-hydrogen) atoms. The fourth-order valence-corrected chi connectivity index (χ4v) is 4.97. The molecule has 2 N–H and O–H groups in total. The average Bonchev–Trinajstić information content (AvgIpc) is 2.81. The Hall–Kier alpha value is -3.20. The summed E-state index contributed by atoms with van der Waals surface area (Å²) < 4.78 is 0. The summed E-state index contributed by atoms with van der Waals surface area (Å²) in [5, 5.41) is 7.80. The summed E-state index contributed by atoms with van der Waals surface area (Å²) in [4.78, 5) is 0. The Morgan fingerprint density at radius 2 is 0.794 bits per heavy atom. The van der Waals surface area contributed by atoms with Gasteiger partial charge in [-0.3, -0.25) is 0 Å². The first-order valence-corrected chi connectivity index (χ1v) is 12.2. The van der Waals surface area contributed by atoms with Gasteiger partial charge in [-0.25, -0.2) is 0 Å². The molecule has 0 aliphatic rings. The standard InChI is InChI=1S/C32H36N2/c1-23-15-24(2)18-27(17-23)21-33-31(29-11-7-5-8-12-29)32(30-13-9-6-10-14-30)34-22-28-19-25(3)16-26(4)20-28/h5-20,31-34H,21-22H2,1-4H3. The van der Waals surface area contributed by atoms with Crippen LogP contribution in [-0.2, 0) is 13.1 Å². The van der Waals surface area contributed by atoms with Crippen molar-refractivity contribution < 1.29 is 0 Å². The zero-order chi connectivity index (χ0) is 23.9. The molecule has 0 amide bonds. The van der Waals surface area contributed by atoms with E-state index in [1.807, 2.05) is 0 Å². The van der Waals surface area contributed by atoms with Crippen LogP contribution in [0.15, 0.2) is 97.1 Å². The maximum atomic E-state index is 3.90. The van der Waals surface area contributed by atoms with E-state index >= 15 is 0 Å². The van der Waals surface area contributed by atoms with Crippen LogP contribution in [0.1, 0.15) is 56.6 Å². The second kappa shape index (κ2) is 11.3. The molecule has 2 nitrogen and oxygen atoms in total. The molecule has 0 aliphatic carbocycles. The van der Waals surface area contributed by atoms with Crippen molar-refractivity contribution in [3.8, 4) is 0 Å². The lowest BCUT2D eigenvalue weighted by atomic mass is 9.92. The fraction of sp³-hybridized carbons (Fsp3) is 0.250. The van der Waals surface area contributed by atoms with Crippen molar-refractivity contribution in [1.82, 2.24) is 10.6 Å². The van der Waals surface area contributed by atoms with E-state index in [4.69, 9.17) is 0 Å². The Morgan fingerprint density at radius 1 is 0.471 bits per heavy atom. The van der Waals surface area contributed by atoms with E-state index < -0.39 is 0 Å². The maximum Gasteiger partial charge on any atom is 0.0521 e. The predicted octanol–water partition coefficient (Wildman–Crippen LogP) is 7.28. The first-order valence-electron chi connectivity index (χ1n) is 12.2. The zero-order valence-electron chi connectivity index (χ0n) is 20.8. The van der Waals surface area contributed by atoms with Gasteiger partial charge in [-0.1, -0.05) is 119 Å². The van der Waals surface area contributed by atoms with Crippen LogP contribution < -0.4 is 10.6 Å². The number of hydrogen-bond donors (Lipinski definition) is 2. The van der Waals surface area contributed by atoms with Gasteiger partial charge in [0.1, 0.15) is 0 Å². The highest BCUT2D eigenvalue weighted by Gasteiger charge is 2.24. The highest BCUT2D eigenvalue weighted by atomic mass is 15.0. The molecule has 2 unspecified atom stereocenters. The van der Waals surface area contributed by atoms with Gasteiger partial charge in [-0.15, -0.1) is 0 Å². The van der Waals surface area contributed by atoms with E-state index in [0.29, 0.717) is 0 Å². The van der Waals surface area contributed by atoms with Gasteiger partial charge in [0.2, 0.25) is 0 Å². The van der Waals surface area contributed by atoms with Gasteiger partial charge in [-0.05, 0) is 49.9 Å². The van der Waals surface area contributed by atoms with E-state index in [1.54, 1.807) is 0 Å². The minimum atomic E-state index is 0.121. The molecule has 0 aliphatic heterocycles. The van der Waals surface area contributed by atoms with Crippen molar-refractivity contribution in [1.29, 1.82) is 0 Å². The third-order valence-electron chi connectivity index (χ3n) is 6.27. The monoisotopic (exact) mass is 448 g/mol. The number of nitrogens with one attached hydrogen (secondary N) is 2. The van der Waals surface area contributed by atoms with Crippen molar-refractivity contribution in [2.24, 2.45) is 0 Å². The normalized spacial score (nSPS) is 12.9. The van der Waals surface area contributed by atoms with Gasteiger partial charge in [0.15, 0.2) is 0 Å². The van der Waals surface area contributed by atoms with Crippen LogP contribution >= 0.6 is 0 Å². The summed E-state index contributed by atoms with van der Waals surface area (Å²) in [6, 6.07) is 35.4. The molecule has 4 aromatic carbocycles. The summed E-state index contributed by atoms with van der Waals surface area (Å²) in [6.45, 7) is 10.3. The van der Waals surface area contributed by atoms with Crippen LogP contribution in [-0.4, -0.2) is 0 Å². The second-order valence-corrected chi connectivity index (χ2v) is 9.53. The zero-order valence-corrected chi connectivity index (χ0v) is 20.8. The molecule has 174 valence electrons. The Labute approximate surface area is 205 Å². The molecule has 0 saturated carbocycles. The van der Waals surface area contributed by atoms with Gasteiger partial charge in [0, 0.05) is 13.1 Å². The third kappa shape index (κ3) is 6.44. The molecule has 0 aromatic heterocycles. The molecule has 2 atom stereocenters. The number of hydrogen-bond acceptors (Lipinski definition) is 2. The van der Waals surface area contributed by atoms with E-state index in [1.165, 1.54) is 44.5 Å². The van der Waals surface area contributed by atoms with E-state index in [2.05, 4.69) is 135 Å². The molecule has 0 radical (unpaired) electrons. The quantitative estimate of drug-likeness (QED) is 0.281. The summed E-state index contributed by atoms with van der Waals surface area (Å²) in [5.41, 5.74) is 10.4. The molecule has 0 heterocycles. The summed E-state index contributed by atoms with van der Waals surface area (Å²) >= 11 is 0. The summed E-state index contributed by atoms with van der Waals surface area (Å²) in [5.74, 6) is 0. The van der Waals surface area contributed by atoms with Crippen molar-refractivity contribution >= 4 is 0 Å². The largest absolute Gasteiger partial charge is 0.304 e. The van der Waals surface area contributed by atoms with E-state index in [-0.39, 0.29) is 12.1 Å². The molecule has 4 aromatic rings. The lowest BCUT2D eigenvalue weighted by molar-refractivity contribution is 0.381. The topological polar surface area (TPSA) is 24.1 Å². The number of rotatable bonds is 9. The average molecular weight is 449 g/mol. The smallest absolute Gasteiger partial charge is 0.0521 e. The van der Waals surface area contributed by atoms with Gasteiger partial charge in [0.05, 0.1) is 12.1 Å². The lowest BCUT2D eigenvalue weighted by Gasteiger charge is -2.30. The fourth-order valence-electron chi connectivity index (χ4n) is 4.97. The first kappa shape index (κ1) is 23.9. The van der Waals surface area contributed by atoms with Crippen molar-refractivity contribution in [3.63, 3.8) is 0 Å². The minimum absolute atomic E-state index is 0.121. The van der Waals surface area contributed by atoms with Crippen LogP contribution in [0.5, 0.6) is 0 Å². The molecular formula is C32H36N2. The Kier molecular flexibility index (Phi) is 7.95. The molecule has 2 heteroatoms. The number of benzene rings is 4. The molecule has 0 spiro atoms. The van der Waals surface area contributed by atoms with Crippen LogP contribution in [0, 0.1) is 27.7 Å². The molecule has 0 saturated heterocycles. The van der Waals surface area contributed by atoms with Crippen LogP contribution in [0.25, 0.3) is 0 Å². The van der Waals surface area contributed by atoms with Gasteiger partial charge in [-0.2, -0.15) is 0 Å². The molecule has 0 bridgehead atoms. The molecule has 4 rings (SSSR count). The molecule has 0 fully saturated rings. The predicted molar refractivity (Wildman–Crippen MR) is 144 cm³/mol. The minimum Gasteiger partial charge on any atom is -0.304 e. The van der Waals surface area contributed by atoms with E-state index in [0.717, 1.165) is 13.1 Å². The third-order valence-corrected chi connectivity index (χ3v) is 6.27. The van der Waals surface area contributed by atoms with Gasteiger partial charge in [0.25, 0.3) is 0 Å². The van der Waals surface area contributed by atoms with Crippen LogP contribution in [0.2, 0.25) is 0 Å². The summed E-state index contributed by atoms with van der Waals surface area (Å²) in [6.07, 6.45) is 0. The van der Waals surface area contributed by atoms with Gasteiger partial charge >= 0.3 is 0 Å². The SMILES string of the molecule is Cc1cc(C)cc(CNC(c2ccccc2)C(NCc2cc(C)cc(C)c2)c2ccccc2)c1. The van der Waals surface area contributed by atoms with Crippen LogP contribution in [0.4, 0.5) is 0 Å². The second-order valence-electron chi connectivity index (χ2n) is 9.53.